The first-order chi connectivity index (χ1) is 11.3. The Morgan fingerprint density at radius 3 is 2.42 bits per heavy atom. The Bertz CT molecular complexity index is 828. The van der Waals surface area contributed by atoms with Crippen molar-refractivity contribution >= 4 is 21.7 Å². The average Bonchev–Trinajstić information content (AvgIpc) is 2.53. The van der Waals surface area contributed by atoms with Crippen molar-refractivity contribution in [3.63, 3.8) is 0 Å². The van der Waals surface area contributed by atoms with Crippen LogP contribution in [0.5, 0.6) is 0 Å². The van der Waals surface area contributed by atoms with Crippen LogP contribution in [0.25, 0.3) is 0 Å². The molecule has 0 aliphatic rings. The number of hydrogen-bond acceptors (Lipinski definition) is 3. The standard InChI is InChI=1S/C17H22N4O2S/c1-12(2)14-4-3-5-15(10-14)21-17(18)20-11-13-6-8-16(9-7-13)24(19,22)23/h3-10,12H,11H2,1-2H3,(H3,18,20,21)(H2,19,22,23). The topological polar surface area (TPSA) is 111 Å². The van der Waals surface area contributed by atoms with E-state index in [0.717, 1.165) is 11.3 Å². The number of benzene rings is 2. The largest absolute Gasteiger partial charge is 0.370 e. The molecule has 0 saturated carbocycles. The summed E-state index contributed by atoms with van der Waals surface area (Å²) in [5.41, 5.74) is 8.83. The van der Waals surface area contributed by atoms with Crippen LogP contribution in [0.2, 0.25) is 0 Å². The van der Waals surface area contributed by atoms with Crippen molar-refractivity contribution in [1.82, 2.24) is 0 Å². The van der Waals surface area contributed by atoms with Crippen LogP contribution in [0.15, 0.2) is 58.4 Å². The minimum absolute atomic E-state index is 0.0758. The van der Waals surface area contributed by atoms with E-state index in [0.29, 0.717) is 18.4 Å². The van der Waals surface area contributed by atoms with Crippen molar-refractivity contribution in [3.8, 4) is 0 Å². The molecule has 5 N–H and O–H groups in total. The second-order valence-corrected chi connectivity index (χ2v) is 7.36. The van der Waals surface area contributed by atoms with Gasteiger partial charge in [-0.1, -0.05) is 38.1 Å². The van der Waals surface area contributed by atoms with Crippen LogP contribution in [0.3, 0.4) is 0 Å². The minimum atomic E-state index is -3.68. The fraction of sp³-hybridized carbons (Fsp3) is 0.235. The zero-order chi connectivity index (χ0) is 17.7. The molecule has 2 aromatic rings. The van der Waals surface area contributed by atoms with E-state index in [1.54, 1.807) is 12.1 Å². The van der Waals surface area contributed by atoms with Crippen LogP contribution in [0.4, 0.5) is 5.69 Å². The van der Waals surface area contributed by atoms with Gasteiger partial charge in [0.1, 0.15) is 0 Å². The molecule has 7 heteroatoms. The molecule has 0 radical (unpaired) electrons. The monoisotopic (exact) mass is 346 g/mol. The van der Waals surface area contributed by atoms with Crippen molar-refractivity contribution in [2.24, 2.45) is 15.9 Å². The number of guanidine groups is 1. The number of nitrogens with two attached hydrogens (primary N) is 2. The van der Waals surface area contributed by atoms with Crippen LogP contribution in [0.1, 0.15) is 30.9 Å². The molecule has 2 rings (SSSR count). The second-order valence-electron chi connectivity index (χ2n) is 5.80. The number of rotatable bonds is 5. The molecular formula is C17H22N4O2S. The number of nitrogens with one attached hydrogen (secondary N) is 1. The molecule has 0 spiro atoms. The van der Waals surface area contributed by atoms with Gasteiger partial charge in [0, 0.05) is 5.69 Å². The molecule has 6 nitrogen and oxygen atoms in total. The Hall–Kier alpha value is -2.38. The third-order valence-electron chi connectivity index (χ3n) is 3.51. The Labute approximate surface area is 142 Å². The summed E-state index contributed by atoms with van der Waals surface area (Å²) >= 11 is 0. The van der Waals surface area contributed by atoms with Crippen LogP contribution in [0, 0.1) is 0 Å². The Morgan fingerprint density at radius 2 is 1.83 bits per heavy atom. The fourth-order valence-corrected chi connectivity index (χ4v) is 2.64. The van der Waals surface area contributed by atoms with E-state index in [4.69, 9.17) is 10.9 Å². The predicted octanol–water partition coefficient (Wildman–Crippen LogP) is 2.38. The lowest BCUT2D eigenvalue weighted by Crippen LogP contribution is -2.22. The van der Waals surface area contributed by atoms with E-state index in [1.165, 1.54) is 17.7 Å². The van der Waals surface area contributed by atoms with Gasteiger partial charge >= 0.3 is 0 Å². The van der Waals surface area contributed by atoms with Gasteiger partial charge in [0.25, 0.3) is 0 Å². The number of primary sulfonamides is 1. The van der Waals surface area contributed by atoms with E-state index in [-0.39, 0.29) is 4.90 Å². The predicted molar refractivity (Wildman–Crippen MR) is 97.3 cm³/mol. The minimum Gasteiger partial charge on any atom is -0.370 e. The molecule has 0 aromatic heterocycles. The summed E-state index contributed by atoms with van der Waals surface area (Å²) in [7, 11) is -3.68. The lowest BCUT2D eigenvalue weighted by molar-refractivity contribution is 0.598. The Morgan fingerprint density at radius 1 is 1.17 bits per heavy atom. The van der Waals surface area contributed by atoms with Gasteiger partial charge in [0.15, 0.2) is 5.96 Å². The normalized spacial score (nSPS) is 12.4. The molecule has 0 aliphatic heterocycles. The molecule has 24 heavy (non-hydrogen) atoms. The van der Waals surface area contributed by atoms with Crippen molar-refractivity contribution in [2.45, 2.75) is 31.2 Å². The quantitative estimate of drug-likeness (QED) is 0.570. The number of anilines is 1. The maximum Gasteiger partial charge on any atom is 0.238 e. The third kappa shape index (κ3) is 5.07. The summed E-state index contributed by atoms with van der Waals surface area (Å²) in [6.45, 7) is 4.59. The van der Waals surface area contributed by atoms with Gasteiger partial charge in [0.05, 0.1) is 11.4 Å². The summed E-state index contributed by atoms with van der Waals surface area (Å²) in [4.78, 5) is 4.33. The zero-order valence-corrected chi connectivity index (χ0v) is 14.5. The van der Waals surface area contributed by atoms with Crippen LogP contribution in [-0.2, 0) is 16.6 Å². The zero-order valence-electron chi connectivity index (χ0n) is 13.7. The molecule has 0 atom stereocenters. The maximum absolute atomic E-state index is 11.2. The molecular weight excluding hydrogens is 324 g/mol. The van der Waals surface area contributed by atoms with Gasteiger partial charge in [0.2, 0.25) is 10.0 Å². The van der Waals surface area contributed by atoms with Gasteiger partial charge in [-0.05, 0) is 41.3 Å². The SMILES string of the molecule is CC(C)c1cccc(NC(N)=NCc2ccc(S(N)(=O)=O)cc2)c1. The molecule has 0 aliphatic carbocycles. The van der Waals surface area contributed by atoms with Crippen LogP contribution in [-0.4, -0.2) is 14.4 Å². The molecule has 2 aromatic carbocycles. The van der Waals surface area contributed by atoms with Gasteiger partial charge in [-0.3, -0.25) is 0 Å². The van der Waals surface area contributed by atoms with Crippen molar-refractivity contribution in [1.29, 1.82) is 0 Å². The number of nitrogens with zero attached hydrogens (tertiary/aromatic N) is 1. The van der Waals surface area contributed by atoms with E-state index >= 15 is 0 Å². The molecule has 0 saturated heterocycles. The molecule has 0 unspecified atom stereocenters. The summed E-state index contributed by atoms with van der Waals surface area (Å²) in [6, 6.07) is 14.2. The van der Waals surface area contributed by atoms with E-state index in [1.807, 2.05) is 18.2 Å². The molecule has 128 valence electrons. The van der Waals surface area contributed by atoms with Gasteiger partial charge < -0.3 is 11.1 Å². The molecule has 0 bridgehead atoms. The lowest BCUT2D eigenvalue weighted by Gasteiger charge is -2.10. The first kappa shape index (κ1) is 18.0. The third-order valence-corrected chi connectivity index (χ3v) is 4.44. The average molecular weight is 346 g/mol. The van der Waals surface area contributed by atoms with Crippen molar-refractivity contribution in [3.05, 3.63) is 59.7 Å². The fourth-order valence-electron chi connectivity index (χ4n) is 2.12. The van der Waals surface area contributed by atoms with E-state index in [2.05, 4.69) is 30.2 Å². The van der Waals surface area contributed by atoms with Gasteiger partial charge in [-0.2, -0.15) is 0 Å². The highest BCUT2D eigenvalue weighted by atomic mass is 32.2. The van der Waals surface area contributed by atoms with E-state index in [9.17, 15) is 8.42 Å². The maximum atomic E-state index is 11.2. The highest BCUT2D eigenvalue weighted by Crippen LogP contribution is 2.18. The first-order valence-electron chi connectivity index (χ1n) is 7.54. The first-order valence-corrected chi connectivity index (χ1v) is 9.09. The van der Waals surface area contributed by atoms with Gasteiger partial charge in [-0.15, -0.1) is 0 Å². The van der Waals surface area contributed by atoms with Crippen molar-refractivity contribution in [2.75, 3.05) is 5.32 Å². The summed E-state index contributed by atoms with van der Waals surface area (Å²) in [6.07, 6.45) is 0. The van der Waals surface area contributed by atoms with E-state index < -0.39 is 10.0 Å². The van der Waals surface area contributed by atoms with Crippen molar-refractivity contribution < 1.29 is 8.42 Å². The summed E-state index contributed by atoms with van der Waals surface area (Å²) in [5, 5.41) is 8.12. The molecule has 0 amide bonds. The Kier molecular flexibility index (Phi) is 5.58. The second kappa shape index (κ2) is 7.46. The number of aliphatic imine (C=N–C) groups is 1. The summed E-state index contributed by atoms with van der Waals surface area (Å²) < 4.78 is 22.4. The van der Waals surface area contributed by atoms with Crippen LogP contribution >= 0.6 is 0 Å². The summed E-state index contributed by atoms with van der Waals surface area (Å²) in [5.74, 6) is 0.730. The number of sulfonamides is 1. The molecule has 0 heterocycles. The molecule has 0 fully saturated rings. The Balaban J connectivity index is 2.03. The van der Waals surface area contributed by atoms with Crippen LogP contribution < -0.4 is 16.2 Å². The smallest absolute Gasteiger partial charge is 0.238 e. The highest BCUT2D eigenvalue weighted by Gasteiger charge is 2.06. The number of hydrogen-bond donors (Lipinski definition) is 3. The lowest BCUT2D eigenvalue weighted by atomic mass is 10.0. The van der Waals surface area contributed by atoms with Gasteiger partial charge in [-0.25, -0.2) is 18.5 Å². The highest BCUT2D eigenvalue weighted by molar-refractivity contribution is 7.89.